The van der Waals surface area contributed by atoms with E-state index in [0.717, 1.165) is 23.1 Å². The zero-order valence-electron chi connectivity index (χ0n) is 14.4. The van der Waals surface area contributed by atoms with Crippen molar-refractivity contribution in [2.75, 3.05) is 11.9 Å². The minimum atomic E-state index is -1.03. The Balaban J connectivity index is 1.62. The van der Waals surface area contributed by atoms with Crippen LogP contribution in [0.3, 0.4) is 0 Å². The summed E-state index contributed by atoms with van der Waals surface area (Å²) in [4.78, 5) is 23.6. The number of hydrogen-bond donors (Lipinski definition) is 3. The molecule has 3 rings (SSSR count). The summed E-state index contributed by atoms with van der Waals surface area (Å²) in [5, 5.41) is 16.3. The molecule has 25 heavy (non-hydrogen) atoms. The summed E-state index contributed by atoms with van der Waals surface area (Å²) < 4.78 is 0. The number of carbonyl (C=O) groups excluding carboxylic acids is 2. The molecule has 0 aromatic heterocycles. The molecule has 130 valence electrons. The zero-order valence-corrected chi connectivity index (χ0v) is 14.4. The normalized spacial score (nSPS) is 18.5. The SMILES string of the molecule is CC(=O)c1ccc(NC(=O)NCC2(O)CCc3ccccc32)cc1C. The second kappa shape index (κ2) is 6.69. The number of aliphatic hydroxyl groups is 1. The lowest BCUT2D eigenvalue weighted by atomic mass is 9.96. The minimum Gasteiger partial charge on any atom is -0.383 e. The first-order valence-corrected chi connectivity index (χ1v) is 8.36. The average molecular weight is 338 g/mol. The number of ketones is 1. The summed E-state index contributed by atoms with van der Waals surface area (Å²) >= 11 is 0. The van der Waals surface area contributed by atoms with Crippen molar-refractivity contribution < 1.29 is 14.7 Å². The molecule has 0 saturated carbocycles. The molecular weight excluding hydrogens is 316 g/mol. The number of benzene rings is 2. The van der Waals surface area contributed by atoms with Crippen molar-refractivity contribution in [1.29, 1.82) is 0 Å². The van der Waals surface area contributed by atoms with Crippen molar-refractivity contribution >= 4 is 17.5 Å². The van der Waals surface area contributed by atoms with E-state index in [4.69, 9.17) is 0 Å². The van der Waals surface area contributed by atoms with Crippen molar-refractivity contribution in [3.63, 3.8) is 0 Å². The first kappa shape index (κ1) is 17.2. The van der Waals surface area contributed by atoms with Crippen molar-refractivity contribution in [3.05, 3.63) is 64.7 Å². The summed E-state index contributed by atoms with van der Waals surface area (Å²) in [5.41, 5.74) is 3.05. The highest BCUT2D eigenvalue weighted by atomic mass is 16.3. The fourth-order valence-electron chi connectivity index (χ4n) is 3.39. The zero-order chi connectivity index (χ0) is 18.0. The molecule has 1 aliphatic carbocycles. The lowest BCUT2D eigenvalue weighted by Crippen LogP contribution is -2.41. The van der Waals surface area contributed by atoms with Gasteiger partial charge in [0, 0.05) is 11.3 Å². The van der Waals surface area contributed by atoms with Crippen molar-refractivity contribution in [2.24, 2.45) is 0 Å². The van der Waals surface area contributed by atoms with Crippen LogP contribution in [0.2, 0.25) is 0 Å². The third-order valence-electron chi connectivity index (χ3n) is 4.73. The van der Waals surface area contributed by atoms with Crippen molar-refractivity contribution in [3.8, 4) is 0 Å². The molecule has 3 N–H and O–H groups in total. The molecule has 1 atom stereocenters. The molecule has 0 radical (unpaired) electrons. The van der Waals surface area contributed by atoms with Gasteiger partial charge >= 0.3 is 6.03 Å². The second-order valence-electron chi connectivity index (χ2n) is 6.58. The summed E-state index contributed by atoms with van der Waals surface area (Å²) in [6.45, 7) is 3.50. The first-order valence-electron chi connectivity index (χ1n) is 8.36. The predicted molar refractivity (Wildman–Crippen MR) is 96.9 cm³/mol. The Morgan fingerprint density at radius 3 is 2.68 bits per heavy atom. The maximum atomic E-state index is 12.2. The van der Waals surface area contributed by atoms with E-state index >= 15 is 0 Å². The van der Waals surface area contributed by atoms with E-state index in [1.54, 1.807) is 18.2 Å². The Bertz CT molecular complexity index is 831. The molecule has 2 amide bonds. The van der Waals surface area contributed by atoms with Crippen LogP contribution in [0.25, 0.3) is 0 Å². The first-order chi connectivity index (χ1) is 11.9. The van der Waals surface area contributed by atoms with Crippen LogP contribution in [0.1, 0.15) is 40.4 Å². The van der Waals surface area contributed by atoms with Gasteiger partial charge < -0.3 is 15.7 Å². The number of carbonyl (C=O) groups is 2. The summed E-state index contributed by atoms with van der Waals surface area (Å²) in [7, 11) is 0. The third kappa shape index (κ3) is 3.56. The maximum absolute atomic E-state index is 12.2. The standard InChI is InChI=1S/C20H22N2O3/c1-13-11-16(7-8-17(13)14(2)23)22-19(24)21-12-20(25)10-9-15-5-3-4-6-18(15)20/h3-8,11,25H,9-10,12H2,1-2H3,(H2,21,22,24). The van der Waals surface area contributed by atoms with Gasteiger partial charge in [0.1, 0.15) is 5.60 Å². The minimum absolute atomic E-state index is 0.00405. The van der Waals surface area contributed by atoms with E-state index < -0.39 is 5.60 Å². The maximum Gasteiger partial charge on any atom is 0.319 e. The van der Waals surface area contributed by atoms with Crippen molar-refractivity contribution in [1.82, 2.24) is 5.32 Å². The largest absolute Gasteiger partial charge is 0.383 e. The summed E-state index contributed by atoms with van der Waals surface area (Å²) in [5.74, 6) is -0.00405. The van der Waals surface area contributed by atoms with Gasteiger partial charge in [-0.15, -0.1) is 0 Å². The van der Waals surface area contributed by atoms with Gasteiger partial charge in [-0.05, 0) is 61.6 Å². The molecule has 1 aliphatic rings. The van der Waals surface area contributed by atoms with Gasteiger partial charge in [-0.2, -0.15) is 0 Å². The molecule has 5 nitrogen and oxygen atoms in total. The Kier molecular flexibility index (Phi) is 4.59. The number of Topliss-reactive ketones (excluding diaryl/α,β-unsaturated/α-hetero) is 1. The van der Waals surface area contributed by atoms with Crippen LogP contribution < -0.4 is 10.6 Å². The van der Waals surface area contributed by atoms with Crippen LogP contribution in [-0.2, 0) is 12.0 Å². The smallest absolute Gasteiger partial charge is 0.319 e. The molecule has 0 fully saturated rings. The van der Waals surface area contributed by atoms with Gasteiger partial charge in [0.2, 0.25) is 0 Å². The Morgan fingerprint density at radius 1 is 1.20 bits per heavy atom. The quantitative estimate of drug-likeness (QED) is 0.749. The van der Waals surface area contributed by atoms with Crippen molar-refractivity contribution in [2.45, 2.75) is 32.3 Å². The number of anilines is 1. The van der Waals surface area contributed by atoms with Gasteiger partial charge in [0.05, 0.1) is 6.54 Å². The number of hydrogen-bond acceptors (Lipinski definition) is 3. The molecule has 0 saturated heterocycles. The van der Waals surface area contributed by atoms with Crippen LogP contribution in [0.15, 0.2) is 42.5 Å². The Morgan fingerprint density at radius 2 is 1.96 bits per heavy atom. The number of urea groups is 1. The molecule has 5 heteroatoms. The highest BCUT2D eigenvalue weighted by Crippen LogP contribution is 2.36. The summed E-state index contributed by atoms with van der Waals surface area (Å²) in [6.07, 6.45) is 1.40. The Hall–Kier alpha value is -2.66. The molecule has 2 aromatic carbocycles. The number of amides is 2. The second-order valence-corrected chi connectivity index (χ2v) is 6.58. The van der Waals surface area contributed by atoms with E-state index in [-0.39, 0.29) is 18.4 Å². The van der Waals surface area contributed by atoms with E-state index in [1.165, 1.54) is 6.92 Å². The number of fused-ring (bicyclic) bond motifs is 1. The fraction of sp³-hybridized carbons (Fsp3) is 0.300. The van der Waals surface area contributed by atoms with Crippen LogP contribution in [0, 0.1) is 6.92 Å². The molecule has 0 aliphatic heterocycles. The number of aryl methyl sites for hydroxylation is 2. The van der Waals surface area contributed by atoms with Crippen LogP contribution in [0.4, 0.5) is 10.5 Å². The van der Waals surface area contributed by atoms with Gasteiger partial charge in [-0.1, -0.05) is 24.3 Å². The molecule has 0 bridgehead atoms. The van der Waals surface area contributed by atoms with Crippen LogP contribution >= 0.6 is 0 Å². The van der Waals surface area contributed by atoms with Gasteiger partial charge in [0.25, 0.3) is 0 Å². The average Bonchev–Trinajstić information content (AvgIpc) is 2.91. The molecule has 0 spiro atoms. The highest BCUT2D eigenvalue weighted by molar-refractivity contribution is 5.96. The Labute approximate surface area is 147 Å². The molecule has 1 unspecified atom stereocenters. The van der Waals surface area contributed by atoms with E-state index in [0.29, 0.717) is 17.7 Å². The van der Waals surface area contributed by atoms with E-state index in [2.05, 4.69) is 10.6 Å². The fourth-order valence-corrected chi connectivity index (χ4v) is 3.39. The van der Waals surface area contributed by atoms with Crippen LogP contribution in [0.5, 0.6) is 0 Å². The van der Waals surface area contributed by atoms with E-state index in [1.807, 2.05) is 31.2 Å². The van der Waals surface area contributed by atoms with E-state index in [9.17, 15) is 14.7 Å². The topological polar surface area (TPSA) is 78.4 Å². The molecule has 0 heterocycles. The predicted octanol–water partition coefficient (Wildman–Crippen LogP) is 3.15. The van der Waals surface area contributed by atoms with Gasteiger partial charge in [-0.25, -0.2) is 4.79 Å². The van der Waals surface area contributed by atoms with Crippen LogP contribution in [-0.4, -0.2) is 23.5 Å². The molecular formula is C20H22N2O3. The molecule has 2 aromatic rings. The number of nitrogens with one attached hydrogen (secondary N) is 2. The number of rotatable bonds is 4. The lowest BCUT2D eigenvalue weighted by Gasteiger charge is -2.24. The monoisotopic (exact) mass is 338 g/mol. The van der Waals surface area contributed by atoms with Gasteiger partial charge in [-0.3, -0.25) is 4.79 Å². The highest BCUT2D eigenvalue weighted by Gasteiger charge is 2.36. The lowest BCUT2D eigenvalue weighted by molar-refractivity contribution is 0.0417. The third-order valence-corrected chi connectivity index (χ3v) is 4.73. The summed E-state index contributed by atoms with van der Waals surface area (Å²) in [6, 6.07) is 12.5. The van der Waals surface area contributed by atoms with Gasteiger partial charge in [0.15, 0.2) is 5.78 Å².